The second-order valence-corrected chi connectivity index (χ2v) is 5.37. The molecular formula is C16H20N2O4. The Morgan fingerprint density at radius 3 is 2.36 bits per heavy atom. The number of hydrogen-bond acceptors (Lipinski definition) is 3. The lowest BCUT2D eigenvalue weighted by molar-refractivity contribution is -0.145. The summed E-state index contributed by atoms with van der Waals surface area (Å²) >= 11 is 0. The van der Waals surface area contributed by atoms with Crippen LogP contribution in [0.25, 0.3) is 0 Å². The fraction of sp³-hybridized carbons (Fsp3) is 0.438. The van der Waals surface area contributed by atoms with Crippen LogP contribution in [-0.4, -0.2) is 47.4 Å². The fourth-order valence-electron chi connectivity index (χ4n) is 2.51. The van der Waals surface area contributed by atoms with Gasteiger partial charge < -0.3 is 15.3 Å². The maximum Gasteiger partial charge on any atom is 0.306 e. The molecule has 0 radical (unpaired) electrons. The largest absolute Gasteiger partial charge is 0.481 e. The Labute approximate surface area is 129 Å². The zero-order valence-electron chi connectivity index (χ0n) is 12.3. The highest BCUT2D eigenvalue weighted by Gasteiger charge is 2.26. The summed E-state index contributed by atoms with van der Waals surface area (Å²) in [6, 6.07) is 8.84. The summed E-state index contributed by atoms with van der Waals surface area (Å²) in [7, 11) is 0. The lowest BCUT2D eigenvalue weighted by Gasteiger charge is -2.30. The molecule has 0 bridgehead atoms. The van der Waals surface area contributed by atoms with E-state index in [-0.39, 0.29) is 30.7 Å². The van der Waals surface area contributed by atoms with Gasteiger partial charge in [0.05, 0.1) is 5.92 Å². The number of carbonyl (C=O) groups is 3. The number of benzene rings is 1. The molecule has 22 heavy (non-hydrogen) atoms. The number of carboxylic acid groups (broad SMARTS) is 1. The monoisotopic (exact) mass is 304 g/mol. The predicted molar refractivity (Wildman–Crippen MR) is 80.3 cm³/mol. The number of aliphatic carboxylic acids is 1. The van der Waals surface area contributed by atoms with E-state index in [1.54, 1.807) is 29.2 Å². The smallest absolute Gasteiger partial charge is 0.306 e. The number of likely N-dealkylation sites (tertiary alicyclic amines) is 1. The van der Waals surface area contributed by atoms with Gasteiger partial charge in [0.25, 0.3) is 5.91 Å². The molecule has 0 spiro atoms. The number of amides is 2. The Morgan fingerprint density at radius 2 is 1.77 bits per heavy atom. The van der Waals surface area contributed by atoms with E-state index < -0.39 is 5.97 Å². The molecule has 1 aromatic carbocycles. The molecule has 0 atom stereocenters. The average Bonchev–Trinajstić information content (AvgIpc) is 2.55. The van der Waals surface area contributed by atoms with Gasteiger partial charge in [-0.05, 0) is 25.0 Å². The quantitative estimate of drug-likeness (QED) is 0.853. The van der Waals surface area contributed by atoms with Crippen LogP contribution in [0, 0.1) is 5.92 Å². The van der Waals surface area contributed by atoms with E-state index in [2.05, 4.69) is 5.32 Å². The van der Waals surface area contributed by atoms with Gasteiger partial charge in [-0.2, -0.15) is 0 Å². The van der Waals surface area contributed by atoms with Crippen LogP contribution < -0.4 is 5.32 Å². The van der Waals surface area contributed by atoms with Crippen molar-refractivity contribution >= 4 is 17.8 Å². The summed E-state index contributed by atoms with van der Waals surface area (Å²) < 4.78 is 0. The molecule has 1 aromatic rings. The number of carboxylic acids is 1. The Bertz CT molecular complexity index is 536. The van der Waals surface area contributed by atoms with Crippen molar-refractivity contribution in [3.05, 3.63) is 35.9 Å². The van der Waals surface area contributed by atoms with Crippen molar-refractivity contribution in [1.82, 2.24) is 10.2 Å². The summed E-state index contributed by atoms with van der Waals surface area (Å²) in [6.45, 7) is 1.23. The van der Waals surface area contributed by atoms with E-state index in [0.717, 1.165) is 0 Å². The van der Waals surface area contributed by atoms with Crippen LogP contribution in [0.3, 0.4) is 0 Å². The minimum Gasteiger partial charge on any atom is -0.481 e. The highest BCUT2D eigenvalue weighted by molar-refractivity contribution is 5.94. The number of piperidine rings is 1. The van der Waals surface area contributed by atoms with E-state index in [0.29, 0.717) is 31.5 Å². The van der Waals surface area contributed by atoms with Crippen LogP contribution in [0.1, 0.15) is 29.6 Å². The number of nitrogens with zero attached hydrogens (tertiary/aromatic N) is 1. The van der Waals surface area contributed by atoms with E-state index in [1.807, 2.05) is 6.07 Å². The molecule has 2 rings (SSSR count). The summed E-state index contributed by atoms with van der Waals surface area (Å²) in [6.07, 6.45) is 1.23. The first-order chi connectivity index (χ1) is 10.6. The molecule has 2 amide bonds. The predicted octanol–water partition coefficient (Wildman–Crippen LogP) is 1.13. The van der Waals surface area contributed by atoms with Crippen molar-refractivity contribution in [2.24, 2.45) is 5.92 Å². The first-order valence-corrected chi connectivity index (χ1v) is 7.42. The molecule has 2 N–H and O–H groups in total. The molecule has 1 heterocycles. The summed E-state index contributed by atoms with van der Waals surface area (Å²) in [4.78, 5) is 36.4. The van der Waals surface area contributed by atoms with Crippen LogP contribution in [0.15, 0.2) is 30.3 Å². The lowest BCUT2D eigenvalue weighted by atomic mass is 9.97. The standard InChI is InChI=1S/C16H20N2O4/c19-14(18-10-7-13(8-11-18)16(21)22)6-9-17-15(20)12-4-2-1-3-5-12/h1-5,13H,6-11H2,(H,17,20)(H,21,22). The number of hydrogen-bond donors (Lipinski definition) is 2. The Hall–Kier alpha value is -2.37. The molecule has 1 fully saturated rings. The van der Waals surface area contributed by atoms with Crippen molar-refractivity contribution in [2.45, 2.75) is 19.3 Å². The highest BCUT2D eigenvalue weighted by atomic mass is 16.4. The summed E-state index contributed by atoms with van der Waals surface area (Å²) in [5.74, 6) is -1.38. The van der Waals surface area contributed by atoms with Crippen LogP contribution in [0.2, 0.25) is 0 Å². The van der Waals surface area contributed by atoms with Crippen molar-refractivity contribution in [1.29, 1.82) is 0 Å². The van der Waals surface area contributed by atoms with Gasteiger partial charge >= 0.3 is 5.97 Å². The maximum atomic E-state index is 12.0. The molecule has 0 saturated carbocycles. The fourth-order valence-corrected chi connectivity index (χ4v) is 2.51. The van der Waals surface area contributed by atoms with Gasteiger partial charge in [0.2, 0.25) is 5.91 Å². The molecular weight excluding hydrogens is 284 g/mol. The minimum absolute atomic E-state index is 0.0443. The third-order valence-corrected chi connectivity index (χ3v) is 3.86. The Kier molecular flexibility index (Phi) is 5.52. The Morgan fingerprint density at radius 1 is 1.14 bits per heavy atom. The number of nitrogens with one attached hydrogen (secondary N) is 1. The molecule has 6 heteroatoms. The van der Waals surface area contributed by atoms with Crippen LogP contribution >= 0.6 is 0 Å². The first kappa shape index (κ1) is 16.0. The topological polar surface area (TPSA) is 86.7 Å². The summed E-state index contributed by atoms with van der Waals surface area (Å²) in [5.41, 5.74) is 0.567. The molecule has 1 saturated heterocycles. The molecule has 1 aliphatic heterocycles. The van der Waals surface area contributed by atoms with Gasteiger partial charge in [0.15, 0.2) is 0 Å². The molecule has 0 unspecified atom stereocenters. The van der Waals surface area contributed by atoms with Crippen molar-refractivity contribution in [3.8, 4) is 0 Å². The third kappa shape index (κ3) is 4.31. The van der Waals surface area contributed by atoms with E-state index in [1.165, 1.54) is 0 Å². The summed E-state index contributed by atoms with van der Waals surface area (Å²) in [5, 5.41) is 11.6. The average molecular weight is 304 g/mol. The number of carbonyl (C=O) groups excluding carboxylic acids is 2. The van der Waals surface area contributed by atoms with E-state index in [9.17, 15) is 14.4 Å². The van der Waals surface area contributed by atoms with Gasteiger partial charge in [-0.15, -0.1) is 0 Å². The molecule has 6 nitrogen and oxygen atoms in total. The SMILES string of the molecule is O=C(NCCC(=O)N1CCC(C(=O)O)CC1)c1ccccc1. The molecule has 1 aliphatic rings. The highest BCUT2D eigenvalue weighted by Crippen LogP contribution is 2.17. The normalized spacial score (nSPS) is 15.4. The van der Waals surface area contributed by atoms with Gasteiger partial charge in [-0.3, -0.25) is 14.4 Å². The van der Waals surface area contributed by atoms with Gasteiger partial charge in [0.1, 0.15) is 0 Å². The van der Waals surface area contributed by atoms with Crippen molar-refractivity contribution < 1.29 is 19.5 Å². The molecule has 118 valence electrons. The lowest BCUT2D eigenvalue weighted by Crippen LogP contribution is -2.41. The Balaban J connectivity index is 1.70. The van der Waals surface area contributed by atoms with Gasteiger partial charge in [-0.25, -0.2) is 0 Å². The zero-order chi connectivity index (χ0) is 15.9. The third-order valence-electron chi connectivity index (χ3n) is 3.86. The van der Waals surface area contributed by atoms with Gasteiger partial charge in [0, 0.05) is 31.6 Å². The van der Waals surface area contributed by atoms with E-state index in [4.69, 9.17) is 5.11 Å². The van der Waals surface area contributed by atoms with Crippen molar-refractivity contribution in [3.63, 3.8) is 0 Å². The maximum absolute atomic E-state index is 12.0. The number of rotatable bonds is 5. The second kappa shape index (κ2) is 7.59. The second-order valence-electron chi connectivity index (χ2n) is 5.37. The van der Waals surface area contributed by atoms with Gasteiger partial charge in [-0.1, -0.05) is 18.2 Å². The van der Waals surface area contributed by atoms with Crippen LogP contribution in [0.4, 0.5) is 0 Å². The van der Waals surface area contributed by atoms with Crippen molar-refractivity contribution in [2.75, 3.05) is 19.6 Å². The molecule has 0 aromatic heterocycles. The zero-order valence-corrected chi connectivity index (χ0v) is 12.3. The van der Waals surface area contributed by atoms with Crippen LogP contribution in [0.5, 0.6) is 0 Å². The molecule has 0 aliphatic carbocycles. The first-order valence-electron chi connectivity index (χ1n) is 7.42. The van der Waals surface area contributed by atoms with E-state index >= 15 is 0 Å². The van der Waals surface area contributed by atoms with Crippen LogP contribution in [-0.2, 0) is 9.59 Å². The minimum atomic E-state index is -0.790.